The molecule has 140 valence electrons. The fourth-order valence-corrected chi connectivity index (χ4v) is 3.26. The Morgan fingerprint density at radius 2 is 1.81 bits per heavy atom. The lowest BCUT2D eigenvalue weighted by atomic mass is 10.2. The first kappa shape index (κ1) is 18.5. The number of methoxy groups -OCH3 is 1. The third-order valence-electron chi connectivity index (χ3n) is 4.63. The number of nitrogens with zero attached hydrogens (tertiary/aromatic N) is 4. The average molecular weight is 355 g/mol. The predicted octanol–water partition coefficient (Wildman–Crippen LogP) is 2.87. The Hall–Kier alpha value is -2.34. The van der Waals surface area contributed by atoms with Crippen molar-refractivity contribution in [1.29, 1.82) is 0 Å². The monoisotopic (exact) mass is 355 g/mol. The molecule has 1 saturated heterocycles. The molecule has 0 radical (unpaired) electrons. The largest absolute Gasteiger partial charge is 0.385 e. The van der Waals surface area contributed by atoms with Crippen molar-refractivity contribution in [3.63, 3.8) is 0 Å². The van der Waals surface area contributed by atoms with E-state index in [1.54, 1.807) is 7.11 Å². The molecule has 2 heterocycles. The second-order valence-corrected chi connectivity index (χ2v) is 6.74. The molecule has 2 aromatic rings. The Morgan fingerprint density at radius 1 is 1.04 bits per heavy atom. The van der Waals surface area contributed by atoms with Gasteiger partial charge in [0.1, 0.15) is 17.5 Å². The summed E-state index contributed by atoms with van der Waals surface area (Å²) >= 11 is 0. The van der Waals surface area contributed by atoms with Crippen molar-refractivity contribution in [2.45, 2.75) is 20.3 Å². The molecule has 0 aliphatic carbocycles. The van der Waals surface area contributed by atoms with E-state index in [-0.39, 0.29) is 0 Å². The smallest absolute Gasteiger partial charge is 0.134 e. The minimum atomic E-state index is 0.755. The molecule has 0 spiro atoms. The summed E-state index contributed by atoms with van der Waals surface area (Å²) in [5.41, 5.74) is 2.62. The van der Waals surface area contributed by atoms with Gasteiger partial charge >= 0.3 is 0 Å². The van der Waals surface area contributed by atoms with Gasteiger partial charge in [0, 0.05) is 58.2 Å². The van der Waals surface area contributed by atoms with Crippen LogP contribution in [0.3, 0.4) is 0 Å². The van der Waals surface area contributed by atoms with Crippen LogP contribution in [0.1, 0.15) is 17.8 Å². The molecule has 3 rings (SSSR count). The van der Waals surface area contributed by atoms with Gasteiger partial charge in [-0.3, -0.25) is 0 Å². The molecule has 6 nitrogen and oxygen atoms in total. The number of rotatable bonds is 7. The van der Waals surface area contributed by atoms with Crippen LogP contribution in [0, 0.1) is 13.8 Å². The normalized spacial score (nSPS) is 14.6. The van der Waals surface area contributed by atoms with E-state index in [1.165, 1.54) is 11.3 Å². The molecule has 0 saturated carbocycles. The van der Waals surface area contributed by atoms with E-state index in [0.717, 1.165) is 63.2 Å². The van der Waals surface area contributed by atoms with Crippen LogP contribution in [-0.2, 0) is 4.74 Å². The maximum absolute atomic E-state index is 5.09. The number of nitrogens with one attached hydrogen (secondary N) is 1. The van der Waals surface area contributed by atoms with Crippen molar-refractivity contribution >= 4 is 17.3 Å². The van der Waals surface area contributed by atoms with Gasteiger partial charge in [0.05, 0.1) is 0 Å². The lowest BCUT2D eigenvalue weighted by Gasteiger charge is -2.37. The van der Waals surface area contributed by atoms with Crippen molar-refractivity contribution in [3.8, 4) is 0 Å². The zero-order valence-electron chi connectivity index (χ0n) is 16.0. The van der Waals surface area contributed by atoms with E-state index in [1.807, 2.05) is 6.92 Å². The van der Waals surface area contributed by atoms with Crippen LogP contribution < -0.4 is 15.1 Å². The summed E-state index contributed by atoms with van der Waals surface area (Å²) in [5, 5.41) is 3.37. The zero-order chi connectivity index (χ0) is 18.4. The summed E-state index contributed by atoms with van der Waals surface area (Å²) in [6.07, 6.45) is 0.962. The highest BCUT2D eigenvalue weighted by Gasteiger charge is 2.19. The second-order valence-electron chi connectivity index (χ2n) is 6.74. The van der Waals surface area contributed by atoms with E-state index in [2.05, 4.69) is 62.3 Å². The lowest BCUT2D eigenvalue weighted by Crippen LogP contribution is -2.47. The topological polar surface area (TPSA) is 53.5 Å². The number of piperazine rings is 1. The second kappa shape index (κ2) is 8.85. The molecule has 6 heteroatoms. The number of anilines is 3. The summed E-state index contributed by atoms with van der Waals surface area (Å²) < 4.78 is 5.09. The third kappa shape index (κ3) is 4.85. The van der Waals surface area contributed by atoms with Gasteiger partial charge < -0.3 is 19.9 Å². The number of aromatic nitrogens is 2. The van der Waals surface area contributed by atoms with Crippen molar-refractivity contribution in [2.75, 3.05) is 61.6 Å². The van der Waals surface area contributed by atoms with Crippen molar-refractivity contribution < 1.29 is 4.74 Å². The van der Waals surface area contributed by atoms with Crippen LogP contribution in [0.5, 0.6) is 0 Å². The Bertz CT molecular complexity index is 713. The van der Waals surface area contributed by atoms with Gasteiger partial charge in [0.15, 0.2) is 0 Å². The first-order chi connectivity index (χ1) is 12.7. The quantitative estimate of drug-likeness (QED) is 0.771. The average Bonchev–Trinajstić information content (AvgIpc) is 2.65. The SMILES string of the molecule is COCCCNc1cc(N2CCN(c3cccc(C)c3)CC2)nc(C)n1. The molecule has 1 aliphatic rings. The van der Waals surface area contributed by atoms with Gasteiger partial charge in [-0.1, -0.05) is 12.1 Å². The molecule has 1 aromatic heterocycles. The van der Waals surface area contributed by atoms with Gasteiger partial charge in [-0.2, -0.15) is 0 Å². The molecule has 1 N–H and O–H groups in total. The van der Waals surface area contributed by atoms with Crippen molar-refractivity contribution in [2.24, 2.45) is 0 Å². The van der Waals surface area contributed by atoms with Gasteiger partial charge in [-0.15, -0.1) is 0 Å². The van der Waals surface area contributed by atoms with Crippen LogP contribution in [0.25, 0.3) is 0 Å². The van der Waals surface area contributed by atoms with Crippen LogP contribution in [-0.4, -0.2) is 56.4 Å². The number of aryl methyl sites for hydroxylation is 2. The van der Waals surface area contributed by atoms with Gasteiger partial charge in [0.2, 0.25) is 0 Å². The van der Waals surface area contributed by atoms with Crippen LogP contribution in [0.2, 0.25) is 0 Å². The summed E-state index contributed by atoms with van der Waals surface area (Å²) in [7, 11) is 1.73. The zero-order valence-corrected chi connectivity index (χ0v) is 16.0. The summed E-state index contributed by atoms with van der Waals surface area (Å²) in [5.74, 6) is 2.71. The fraction of sp³-hybridized carbons (Fsp3) is 0.500. The first-order valence-corrected chi connectivity index (χ1v) is 9.31. The van der Waals surface area contributed by atoms with Gasteiger partial charge in [-0.25, -0.2) is 9.97 Å². The summed E-state index contributed by atoms with van der Waals surface area (Å²) in [4.78, 5) is 13.9. The van der Waals surface area contributed by atoms with Crippen LogP contribution in [0.4, 0.5) is 17.3 Å². The molecule has 0 unspecified atom stereocenters. The predicted molar refractivity (Wildman–Crippen MR) is 107 cm³/mol. The van der Waals surface area contributed by atoms with E-state index in [4.69, 9.17) is 4.74 Å². The summed E-state index contributed by atoms with van der Waals surface area (Å²) in [6.45, 7) is 9.64. The Morgan fingerprint density at radius 3 is 2.54 bits per heavy atom. The van der Waals surface area contributed by atoms with E-state index in [0.29, 0.717) is 0 Å². The highest BCUT2D eigenvalue weighted by Crippen LogP contribution is 2.21. The molecule has 0 bridgehead atoms. The van der Waals surface area contributed by atoms with Crippen LogP contribution in [0.15, 0.2) is 30.3 Å². The van der Waals surface area contributed by atoms with Crippen LogP contribution >= 0.6 is 0 Å². The number of benzene rings is 1. The highest BCUT2D eigenvalue weighted by atomic mass is 16.5. The lowest BCUT2D eigenvalue weighted by molar-refractivity contribution is 0.198. The molecule has 0 atom stereocenters. The Kier molecular flexibility index (Phi) is 6.28. The number of ether oxygens (including phenoxy) is 1. The minimum Gasteiger partial charge on any atom is -0.385 e. The highest BCUT2D eigenvalue weighted by molar-refractivity contribution is 5.53. The van der Waals surface area contributed by atoms with E-state index in [9.17, 15) is 0 Å². The van der Waals surface area contributed by atoms with Crippen molar-refractivity contribution in [1.82, 2.24) is 9.97 Å². The maximum Gasteiger partial charge on any atom is 0.134 e. The van der Waals surface area contributed by atoms with E-state index < -0.39 is 0 Å². The Balaban J connectivity index is 1.61. The van der Waals surface area contributed by atoms with Gasteiger partial charge in [-0.05, 0) is 38.0 Å². The fourth-order valence-electron chi connectivity index (χ4n) is 3.26. The first-order valence-electron chi connectivity index (χ1n) is 9.31. The van der Waals surface area contributed by atoms with Gasteiger partial charge in [0.25, 0.3) is 0 Å². The molecular weight excluding hydrogens is 326 g/mol. The Labute approximate surface area is 156 Å². The minimum absolute atomic E-state index is 0.755. The summed E-state index contributed by atoms with van der Waals surface area (Å²) in [6, 6.07) is 10.8. The maximum atomic E-state index is 5.09. The molecule has 1 aromatic carbocycles. The standard InChI is InChI=1S/C20H29N5O/c1-16-6-4-7-18(14-16)24-9-11-25(12-10-24)20-15-19(22-17(2)23-20)21-8-5-13-26-3/h4,6-7,14-15H,5,8-13H2,1-3H3,(H,21,22,23). The molecular formula is C20H29N5O. The molecule has 26 heavy (non-hydrogen) atoms. The van der Waals surface area contributed by atoms with Crippen molar-refractivity contribution in [3.05, 3.63) is 41.7 Å². The molecule has 1 aliphatic heterocycles. The number of hydrogen-bond donors (Lipinski definition) is 1. The number of hydrogen-bond acceptors (Lipinski definition) is 6. The third-order valence-corrected chi connectivity index (χ3v) is 4.63. The van der Waals surface area contributed by atoms with E-state index >= 15 is 0 Å². The molecule has 1 fully saturated rings. The molecule has 0 amide bonds.